The summed E-state index contributed by atoms with van der Waals surface area (Å²) in [5.41, 5.74) is 10.9. The number of hydrogen-bond donors (Lipinski definition) is 11. The first-order chi connectivity index (χ1) is 36.0. The van der Waals surface area contributed by atoms with Crippen LogP contribution in [0, 0.1) is 0 Å². The summed E-state index contributed by atoms with van der Waals surface area (Å²) in [5.74, 6) is -1.53. The number of nitrogens with two attached hydrogens (primary N) is 3. The maximum atomic E-state index is 14.0. The summed E-state index contributed by atoms with van der Waals surface area (Å²) in [7, 11) is -25.5. The first-order valence-corrected chi connectivity index (χ1v) is 30.1. The number of rotatable bonds is 24. The number of phosphoric ester groups is 1. The van der Waals surface area contributed by atoms with Gasteiger partial charge in [-0.05, 0) is 49.1 Å². The fourth-order valence-electron chi connectivity index (χ4n) is 8.28. The summed E-state index contributed by atoms with van der Waals surface area (Å²) < 4.78 is 136. The molecule has 77 heavy (non-hydrogen) atoms. The number of nitrogens with one attached hydrogen (secondary N) is 2. The van der Waals surface area contributed by atoms with Gasteiger partial charge in [0.1, 0.15) is 45.2 Å². The van der Waals surface area contributed by atoms with E-state index < -0.39 is 113 Å². The van der Waals surface area contributed by atoms with Crippen LogP contribution in [-0.2, 0) is 56.6 Å². The lowest BCUT2D eigenvalue weighted by molar-refractivity contribution is -0.176. The Morgan fingerprint density at radius 2 is 1.58 bits per heavy atom. The average Bonchev–Trinajstić information content (AvgIpc) is 3.94. The van der Waals surface area contributed by atoms with E-state index in [2.05, 4.69) is 33.4 Å². The molecule has 4 heterocycles. The van der Waals surface area contributed by atoms with Gasteiger partial charge in [-0.3, -0.25) is 28.6 Å². The fraction of sp³-hybridized carbons (Fsp3) is 0.366. The zero-order valence-electron chi connectivity index (χ0n) is 40.1. The highest BCUT2D eigenvalue weighted by Gasteiger charge is 2.47. The molecule has 1 fully saturated rings. The third-order valence-corrected chi connectivity index (χ3v) is 18.1. The zero-order valence-corrected chi connectivity index (χ0v) is 44.4. The van der Waals surface area contributed by atoms with Crippen LogP contribution in [-0.4, -0.2) is 139 Å². The molecule has 0 spiro atoms. The molecule has 3 aliphatic rings. The summed E-state index contributed by atoms with van der Waals surface area (Å²) in [6.07, 6.45) is -2.12. The second-order valence-corrected chi connectivity index (χ2v) is 24.7. The van der Waals surface area contributed by atoms with Gasteiger partial charge in [-0.15, -0.1) is 0 Å². The highest BCUT2D eigenvalue weighted by Crippen LogP contribution is 2.66. The van der Waals surface area contributed by atoms with E-state index in [1.165, 1.54) is 53.2 Å². The Hall–Kier alpha value is -5.67. The van der Waals surface area contributed by atoms with E-state index in [1.807, 2.05) is 5.09 Å². The summed E-state index contributed by atoms with van der Waals surface area (Å²) >= 11 is 0. The monoisotopic (exact) mass is 1180 g/mol. The Balaban J connectivity index is 0.838. The number of carbonyl (C=O) groups is 2. The smallest absolute Gasteiger partial charge is 0.489 e. The third kappa shape index (κ3) is 13.8. The predicted octanol–water partition coefficient (Wildman–Crippen LogP) is 0.108. The molecular formula is C41H51N10O21P3S2. The van der Waals surface area contributed by atoms with Crippen LogP contribution < -0.4 is 32.6 Å². The number of unbranched alkanes of at least 4 members (excludes halogenated alkanes) is 3. The number of aliphatic hydroxyl groups excluding tert-OH is 2. The number of aliphatic hydroxyl groups is 2. The lowest BCUT2D eigenvalue weighted by Gasteiger charge is -2.23. The van der Waals surface area contributed by atoms with E-state index in [1.54, 1.807) is 6.07 Å². The number of carbonyl (C=O) groups excluding carboxylic acids is 2. The number of hydrogen-bond acceptors (Lipinski definition) is 22. The van der Waals surface area contributed by atoms with Gasteiger partial charge in [0.25, 0.3) is 5.91 Å². The average molecular weight is 1180 g/mol. The van der Waals surface area contributed by atoms with Crippen molar-refractivity contribution in [2.45, 2.75) is 72.9 Å². The van der Waals surface area contributed by atoms with E-state index in [0.29, 0.717) is 19.3 Å². The molecule has 2 aromatic carbocycles. The molecule has 3 unspecified atom stereocenters. The second kappa shape index (κ2) is 23.3. The van der Waals surface area contributed by atoms with Crippen molar-refractivity contribution in [1.82, 2.24) is 34.8 Å². The van der Waals surface area contributed by atoms with Gasteiger partial charge >= 0.3 is 33.5 Å². The maximum absolute atomic E-state index is 14.0. The van der Waals surface area contributed by atoms with Crippen LogP contribution >= 0.6 is 23.4 Å². The van der Waals surface area contributed by atoms with Gasteiger partial charge in [-0.1, -0.05) is 31.0 Å². The lowest BCUT2D eigenvalue weighted by Crippen LogP contribution is -2.47. The standard InChI is InChI=1S/C41H51N10O21P3S2/c1-50(40(55)23-10-5-4-9-22(23)30-24-12-14-26(42)36(76(62,63)64)34(24)70-35-25(30)13-15-27(43)37(35)77(65,66)67)18-8-11-29(52)45-16-6-2-3-7-17-49-73(56,57)71-75(60,61)72-74(58,59)68-19-28-32(53)33(54)41(69-28)51-21-48-31-38(44)46-20-47-39(31)51/h4-5,9-10,12-15,20-21,28,32-33,41-42,53-54H,2-3,6-8,11,16-19,43H2,1H3,(H,45,52)(H,58,59)(H,60,61)(H2,44,46,47)(H2,49,56,57)(H,62,63,64)(H,65,66,67)/t28-,32-,33-,41-/m1/s1. The van der Waals surface area contributed by atoms with Crippen LogP contribution in [0.3, 0.4) is 0 Å². The number of anilines is 2. The minimum atomic E-state index is -5.78. The van der Waals surface area contributed by atoms with Gasteiger partial charge in [-0.2, -0.15) is 17.0 Å². The van der Waals surface area contributed by atoms with Gasteiger partial charge in [-0.25, -0.2) is 42.2 Å². The van der Waals surface area contributed by atoms with E-state index >= 15 is 0 Å². The molecule has 7 rings (SSSR count). The maximum Gasteiger partial charge on any atom is 0.489 e. The number of nitrogens with zero attached hydrogens (tertiary/aromatic N) is 5. The number of amides is 2. The highest BCUT2D eigenvalue weighted by molar-refractivity contribution is 7.86. The van der Waals surface area contributed by atoms with Crippen LogP contribution in [0.1, 0.15) is 55.1 Å². The number of benzene rings is 3. The largest absolute Gasteiger partial charge is 0.744 e. The van der Waals surface area contributed by atoms with Crippen molar-refractivity contribution >= 4 is 89.1 Å². The van der Waals surface area contributed by atoms with Crippen molar-refractivity contribution in [3.63, 3.8) is 0 Å². The lowest BCUT2D eigenvalue weighted by atomic mass is 9.90. The Morgan fingerprint density at radius 1 is 0.883 bits per heavy atom. The molecule has 31 nitrogen and oxygen atoms in total. The summed E-state index contributed by atoms with van der Waals surface area (Å²) in [6, 6.07) is 10.9. The van der Waals surface area contributed by atoms with Gasteiger partial charge in [0.05, 0.1) is 18.6 Å². The summed E-state index contributed by atoms with van der Waals surface area (Å²) in [6.45, 7) is -0.933. The molecule has 0 bridgehead atoms. The number of ether oxygens (including phenoxy) is 1. The molecular weight excluding hydrogens is 1130 g/mol. The Kier molecular flexibility index (Phi) is 17.9. The van der Waals surface area contributed by atoms with Crippen molar-refractivity contribution in [1.29, 1.82) is 0 Å². The SMILES string of the molecule is CN(CCCC(=O)NCCCCCCNP(=O)(O)OP(=O)(O)OP(=O)(O)OC[C@H]1O[C@@H](n2cnc3c(N)ncnc32)[C@H](O)[C@@H]1O)C(=O)c1ccccc1-c1c2ccc(=[NH2+])c(S(=O)(=O)O)c-2oc2c(S(=O)(=O)[O-])c(N)ccc12. The molecule has 4 aromatic rings. The van der Waals surface area contributed by atoms with E-state index in [0.717, 1.165) is 18.5 Å². The van der Waals surface area contributed by atoms with Gasteiger partial charge in [0.15, 0.2) is 29.0 Å². The van der Waals surface area contributed by atoms with E-state index in [9.17, 15) is 74.1 Å². The second-order valence-electron chi connectivity index (χ2n) is 17.2. The summed E-state index contributed by atoms with van der Waals surface area (Å²) in [5, 5.41) is 31.2. The Labute approximate surface area is 436 Å². The van der Waals surface area contributed by atoms with Gasteiger partial charge in [0, 0.05) is 61.2 Å². The molecule has 1 saturated heterocycles. The van der Waals surface area contributed by atoms with Crippen LogP contribution in [0.25, 0.3) is 44.6 Å². The predicted molar refractivity (Wildman–Crippen MR) is 264 cm³/mol. The number of fused-ring (bicyclic) bond motifs is 3. The quantitative estimate of drug-likeness (QED) is 0.0126. The topological polar surface area (TPSA) is 497 Å². The van der Waals surface area contributed by atoms with Gasteiger partial charge in [0.2, 0.25) is 16.2 Å². The third-order valence-electron chi connectivity index (χ3n) is 11.8. The first kappa shape index (κ1) is 59.0. The van der Waals surface area contributed by atoms with Crippen molar-refractivity contribution in [3.8, 4) is 22.5 Å². The van der Waals surface area contributed by atoms with Crippen molar-refractivity contribution in [3.05, 3.63) is 72.1 Å². The fourth-order valence-corrected chi connectivity index (χ4v) is 13.5. The Bertz CT molecular complexity index is 3640. The minimum absolute atomic E-state index is 0.00510. The van der Waals surface area contributed by atoms with Crippen molar-refractivity contribution in [2.75, 3.05) is 44.8 Å². The molecule has 7 atom stereocenters. The number of aromatic nitrogens is 4. The number of phosphoric acid groups is 2. The van der Waals surface area contributed by atoms with Crippen molar-refractivity contribution < 1.29 is 102 Å². The summed E-state index contributed by atoms with van der Waals surface area (Å²) in [4.78, 5) is 68.1. The molecule has 418 valence electrons. The van der Waals surface area contributed by atoms with Crippen LogP contribution in [0.2, 0.25) is 0 Å². The highest BCUT2D eigenvalue weighted by atomic mass is 32.2. The minimum Gasteiger partial charge on any atom is -0.744 e. The Morgan fingerprint density at radius 3 is 2.29 bits per heavy atom. The molecule has 0 radical (unpaired) electrons. The van der Waals surface area contributed by atoms with Gasteiger partial charge < -0.3 is 60.3 Å². The zero-order chi connectivity index (χ0) is 56.4. The van der Waals surface area contributed by atoms with Crippen LogP contribution in [0.15, 0.2) is 75.4 Å². The number of imidazole rings is 1. The van der Waals surface area contributed by atoms with E-state index in [-0.39, 0.29) is 89.4 Å². The van der Waals surface area contributed by atoms with Crippen LogP contribution in [0.5, 0.6) is 0 Å². The first-order valence-electron chi connectivity index (χ1n) is 22.7. The molecule has 36 heteroatoms. The van der Waals surface area contributed by atoms with Crippen LogP contribution in [0.4, 0.5) is 11.5 Å². The van der Waals surface area contributed by atoms with Crippen molar-refractivity contribution in [2.24, 2.45) is 0 Å². The molecule has 2 aliphatic heterocycles. The molecule has 1 aliphatic carbocycles. The molecule has 0 saturated carbocycles. The molecule has 14 N–H and O–H groups in total. The molecule has 2 amide bonds. The molecule has 2 aromatic heterocycles. The number of nitrogen functional groups attached to an aromatic ring is 2. The van der Waals surface area contributed by atoms with E-state index in [4.69, 9.17) is 26.0 Å². The normalized spacial score (nSPS) is 19.5.